The van der Waals surface area contributed by atoms with E-state index >= 15 is 0 Å². The molecule has 2 fully saturated rings. The number of amidine groups is 1. The van der Waals surface area contributed by atoms with Crippen molar-refractivity contribution in [2.45, 2.75) is 0 Å². The summed E-state index contributed by atoms with van der Waals surface area (Å²) in [5.41, 5.74) is 3.96. The number of aliphatic imine (C=N–C) groups is 1. The first-order valence-corrected chi connectivity index (χ1v) is 11.1. The summed E-state index contributed by atoms with van der Waals surface area (Å²) in [6.45, 7) is 4.23. The molecule has 1 N–H and O–H groups in total. The van der Waals surface area contributed by atoms with E-state index in [1.807, 2.05) is 48.5 Å². The largest absolute Gasteiger partial charge is 0.369 e. The van der Waals surface area contributed by atoms with E-state index in [0.717, 1.165) is 48.3 Å². The van der Waals surface area contributed by atoms with Crippen molar-refractivity contribution < 1.29 is 4.79 Å². The highest BCUT2D eigenvalue weighted by Gasteiger charge is 2.24. The summed E-state index contributed by atoms with van der Waals surface area (Å²) in [5, 5.41) is 4.52. The van der Waals surface area contributed by atoms with Gasteiger partial charge in [0.05, 0.1) is 16.1 Å². The van der Waals surface area contributed by atoms with E-state index in [2.05, 4.69) is 44.3 Å². The third-order valence-electron chi connectivity index (χ3n) is 5.52. The van der Waals surface area contributed by atoms with E-state index in [9.17, 15) is 4.79 Å². The lowest BCUT2D eigenvalue weighted by atomic mass is 10.1. The number of benzene rings is 2. The number of carbonyl (C=O) groups excluding carboxylic acids is 1. The van der Waals surface area contributed by atoms with Crippen LogP contribution in [-0.2, 0) is 4.79 Å². The quantitative estimate of drug-likeness (QED) is 0.641. The molecule has 5 rings (SSSR count). The van der Waals surface area contributed by atoms with Gasteiger partial charge in [0.1, 0.15) is 0 Å². The molecule has 1 aromatic heterocycles. The van der Waals surface area contributed by atoms with Crippen molar-refractivity contribution in [2.75, 3.05) is 38.1 Å². The van der Waals surface area contributed by atoms with Gasteiger partial charge >= 0.3 is 0 Å². The Morgan fingerprint density at radius 1 is 1.06 bits per heavy atom. The van der Waals surface area contributed by atoms with Gasteiger partial charge in [-0.1, -0.05) is 12.1 Å². The van der Waals surface area contributed by atoms with E-state index in [0.29, 0.717) is 10.1 Å². The number of rotatable bonds is 3. The Morgan fingerprint density at radius 3 is 2.68 bits per heavy atom. The lowest BCUT2D eigenvalue weighted by molar-refractivity contribution is -0.115. The molecule has 2 aliphatic heterocycles. The van der Waals surface area contributed by atoms with Gasteiger partial charge in [-0.2, -0.15) is 0 Å². The molecular formula is C24H23N5OS. The monoisotopic (exact) mass is 429 g/mol. The Balaban J connectivity index is 1.30. The lowest BCUT2D eigenvalue weighted by Gasteiger charge is -2.34. The second-order valence-corrected chi connectivity index (χ2v) is 8.77. The van der Waals surface area contributed by atoms with Crippen molar-refractivity contribution in [1.82, 2.24) is 15.2 Å². The molecule has 0 spiro atoms. The van der Waals surface area contributed by atoms with Crippen LogP contribution in [0.1, 0.15) is 5.56 Å². The fourth-order valence-electron chi connectivity index (χ4n) is 3.74. The van der Waals surface area contributed by atoms with Crippen molar-refractivity contribution in [1.29, 1.82) is 0 Å². The Labute approximate surface area is 185 Å². The van der Waals surface area contributed by atoms with Gasteiger partial charge < -0.3 is 15.1 Å². The predicted molar refractivity (Wildman–Crippen MR) is 129 cm³/mol. The van der Waals surface area contributed by atoms with Crippen LogP contribution in [0.2, 0.25) is 0 Å². The highest BCUT2D eigenvalue weighted by Crippen LogP contribution is 2.29. The molecule has 0 saturated carbocycles. The molecule has 0 bridgehead atoms. The van der Waals surface area contributed by atoms with Crippen LogP contribution in [0.25, 0.3) is 17.0 Å². The van der Waals surface area contributed by atoms with Crippen LogP contribution in [0, 0.1) is 0 Å². The number of amides is 1. The van der Waals surface area contributed by atoms with Gasteiger partial charge in [-0.3, -0.25) is 9.78 Å². The molecule has 2 aliphatic rings. The van der Waals surface area contributed by atoms with E-state index in [1.165, 1.54) is 17.4 Å². The summed E-state index contributed by atoms with van der Waals surface area (Å²) in [6.07, 6.45) is 3.67. The standard InChI is InChI=1S/C24H23N5OS/c1-28-11-13-29(14-12-28)20-7-5-19(6-8-20)26-24-27-23(30)22(31-24)16-17-4-9-21-18(15-17)3-2-10-25-21/h2-10,15-16H,11-14H2,1H3,(H,26,27,30)/b22-16+. The molecule has 0 aliphatic carbocycles. The van der Waals surface area contributed by atoms with Crippen molar-refractivity contribution in [3.8, 4) is 0 Å². The number of hydrogen-bond acceptors (Lipinski definition) is 6. The number of fused-ring (bicyclic) bond motifs is 1. The summed E-state index contributed by atoms with van der Waals surface area (Å²) >= 11 is 1.37. The molecule has 31 heavy (non-hydrogen) atoms. The number of likely N-dealkylation sites (N-methyl/N-ethyl adjacent to an activating group) is 1. The minimum Gasteiger partial charge on any atom is -0.369 e. The zero-order chi connectivity index (χ0) is 21.2. The number of hydrogen-bond donors (Lipinski definition) is 1. The molecule has 6 nitrogen and oxygen atoms in total. The number of nitrogens with one attached hydrogen (secondary N) is 1. The molecule has 2 saturated heterocycles. The van der Waals surface area contributed by atoms with Crippen molar-refractivity contribution in [2.24, 2.45) is 4.99 Å². The molecule has 156 valence electrons. The highest BCUT2D eigenvalue weighted by atomic mass is 32.2. The fourth-order valence-corrected chi connectivity index (χ4v) is 4.58. The smallest absolute Gasteiger partial charge is 0.264 e. The molecule has 7 heteroatoms. The Bertz CT molecular complexity index is 1180. The number of aromatic nitrogens is 1. The van der Waals surface area contributed by atoms with Crippen molar-refractivity contribution in [3.63, 3.8) is 0 Å². The number of thioether (sulfide) groups is 1. The zero-order valence-electron chi connectivity index (χ0n) is 17.3. The summed E-state index contributed by atoms with van der Waals surface area (Å²) in [6, 6.07) is 18.1. The number of pyridine rings is 1. The maximum atomic E-state index is 12.4. The Morgan fingerprint density at radius 2 is 1.87 bits per heavy atom. The summed E-state index contributed by atoms with van der Waals surface area (Å²) in [5.74, 6) is -0.121. The molecule has 1 amide bonds. The molecule has 3 aromatic rings. The molecule has 2 aromatic carbocycles. The summed E-state index contributed by atoms with van der Waals surface area (Å²) < 4.78 is 0. The third-order valence-corrected chi connectivity index (χ3v) is 6.43. The average molecular weight is 430 g/mol. The first kappa shape index (κ1) is 19.8. The van der Waals surface area contributed by atoms with Crippen molar-refractivity contribution >= 4 is 51.2 Å². The zero-order valence-corrected chi connectivity index (χ0v) is 18.1. The van der Waals surface area contributed by atoms with Crippen LogP contribution >= 0.6 is 11.8 Å². The lowest BCUT2D eigenvalue weighted by Crippen LogP contribution is -2.44. The summed E-state index contributed by atoms with van der Waals surface area (Å²) in [7, 11) is 2.16. The van der Waals surface area contributed by atoms with Gasteiger partial charge in [0, 0.05) is 43.4 Å². The highest BCUT2D eigenvalue weighted by molar-refractivity contribution is 8.18. The number of piperazine rings is 1. The third kappa shape index (κ3) is 4.47. The van der Waals surface area contributed by atoms with Crippen LogP contribution < -0.4 is 10.2 Å². The molecule has 0 radical (unpaired) electrons. The van der Waals surface area contributed by atoms with Gasteiger partial charge in [0.2, 0.25) is 0 Å². The predicted octanol–water partition coefficient (Wildman–Crippen LogP) is 3.88. The first-order chi connectivity index (χ1) is 15.1. The average Bonchev–Trinajstić information content (AvgIpc) is 3.13. The number of nitrogens with zero attached hydrogens (tertiary/aromatic N) is 4. The van der Waals surface area contributed by atoms with Gasteiger partial charge in [0.15, 0.2) is 5.17 Å². The maximum absolute atomic E-state index is 12.4. The molecule has 0 atom stereocenters. The second kappa shape index (κ2) is 8.53. The van der Waals surface area contributed by atoms with Gasteiger partial charge in [-0.15, -0.1) is 0 Å². The van der Waals surface area contributed by atoms with Crippen molar-refractivity contribution in [3.05, 3.63) is 71.3 Å². The van der Waals surface area contributed by atoms with Gasteiger partial charge in [-0.25, -0.2) is 4.99 Å². The van der Waals surface area contributed by atoms with Crippen LogP contribution in [0.5, 0.6) is 0 Å². The van der Waals surface area contributed by atoms with Gasteiger partial charge in [-0.05, 0) is 72.9 Å². The normalized spacial score (nSPS) is 20.0. The van der Waals surface area contributed by atoms with Crippen LogP contribution in [0.15, 0.2) is 70.7 Å². The Kier molecular flexibility index (Phi) is 5.44. The van der Waals surface area contributed by atoms with E-state index < -0.39 is 0 Å². The topological polar surface area (TPSA) is 60.8 Å². The SMILES string of the molecule is CN1CCN(c2ccc(N=C3NC(=O)/C(=C\c4ccc5ncccc5c4)S3)cc2)CC1. The fraction of sp³-hybridized carbons (Fsp3) is 0.208. The van der Waals surface area contributed by atoms with Crippen LogP contribution in [0.3, 0.4) is 0 Å². The Hall–Kier alpha value is -3.16. The van der Waals surface area contributed by atoms with E-state index in [-0.39, 0.29) is 5.91 Å². The van der Waals surface area contributed by atoms with Gasteiger partial charge in [0.25, 0.3) is 5.91 Å². The van der Waals surface area contributed by atoms with E-state index in [4.69, 9.17) is 0 Å². The summed E-state index contributed by atoms with van der Waals surface area (Å²) in [4.78, 5) is 26.8. The van der Waals surface area contributed by atoms with Crippen LogP contribution in [0.4, 0.5) is 11.4 Å². The molecule has 3 heterocycles. The minimum atomic E-state index is -0.121. The number of carbonyl (C=O) groups is 1. The molecule has 0 unspecified atom stereocenters. The van der Waals surface area contributed by atoms with E-state index in [1.54, 1.807) is 6.20 Å². The minimum absolute atomic E-state index is 0.121. The molecular weight excluding hydrogens is 406 g/mol. The first-order valence-electron chi connectivity index (χ1n) is 10.3. The number of anilines is 1. The second-order valence-electron chi connectivity index (χ2n) is 7.74. The maximum Gasteiger partial charge on any atom is 0.264 e. The van der Waals surface area contributed by atoms with Crippen LogP contribution in [-0.4, -0.2) is 54.2 Å².